The Hall–Kier alpha value is -1.85. The third-order valence-electron chi connectivity index (χ3n) is 3.25. The Kier molecular flexibility index (Phi) is 5.73. The molecule has 0 saturated heterocycles. The number of amides is 1. The number of hydrogen-bond acceptors (Lipinski definition) is 3. The van der Waals surface area contributed by atoms with Crippen molar-refractivity contribution in [1.29, 1.82) is 0 Å². The summed E-state index contributed by atoms with van der Waals surface area (Å²) in [7, 11) is 0. The highest BCUT2D eigenvalue weighted by molar-refractivity contribution is 5.96. The lowest BCUT2D eigenvalue weighted by Gasteiger charge is -2.24. The summed E-state index contributed by atoms with van der Waals surface area (Å²) in [5, 5.41) is 13.1. The van der Waals surface area contributed by atoms with Crippen LogP contribution in [-0.4, -0.2) is 44.3 Å². The van der Waals surface area contributed by atoms with Crippen LogP contribution in [0, 0.1) is 6.92 Å². The molecule has 0 aromatic carbocycles. The van der Waals surface area contributed by atoms with Gasteiger partial charge in [-0.3, -0.25) is 14.3 Å². The van der Waals surface area contributed by atoms with E-state index in [0.717, 1.165) is 25.1 Å². The molecular weight excluding hydrogens is 258 g/mol. The first-order valence-electron chi connectivity index (χ1n) is 6.93. The zero-order valence-electron chi connectivity index (χ0n) is 12.6. The highest BCUT2D eigenvalue weighted by atomic mass is 16.4. The molecule has 1 aromatic rings. The fourth-order valence-corrected chi connectivity index (χ4v) is 1.98. The number of aryl methyl sites for hydroxylation is 1. The van der Waals surface area contributed by atoms with Crippen LogP contribution < -0.4 is 0 Å². The standard InChI is InChI=1S/C14H23N3O3/c1-5-6-7-17-11(4)12(8-15-17)14(20)16(10(2)3)9-13(18)19/h8,10H,5-7,9H2,1-4H3,(H,18,19). The Labute approximate surface area is 119 Å². The lowest BCUT2D eigenvalue weighted by molar-refractivity contribution is -0.138. The number of aliphatic carboxylic acids is 1. The molecule has 1 amide bonds. The highest BCUT2D eigenvalue weighted by Gasteiger charge is 2.24. The second-order valence-corrected chi connectivity index (χ2v) is 5.14. The number of carboxylic acid groups (broad SMARTS) is 1. The van der Waals surface area contributed by atoms with Crippen molar-refractivity contribution in [3.05, 3.63) is 17.5 Å². The smallest absolute Gasteiger partial charge is 0.323 e. The monoisotopic (exact) mass is 281 g/mol. The molecule has 1 aromatic heterocycles. The minimum Gasteiger partial charge on any atom is -0.480 e. The van der Waals surface area contributed by atoms with E-state index in [9.17, 15) is 9.59 Å². The van der Waals surface area contributed by atoms with Crippen LogP contribution in [0.5, 0.6) is 0 Å². The Morgan fingerprint density at radius 3 is 2.60 bits per heavy atom. The molecule has 6 nitrogen and oxygen atoms in total. The highest BCUT2D eigenvalue weighted by Crippen LogP contribution is 2.13. The maximum atomic E-state index is 12.4. The normalized spacial score (nSPS) is 10.8. The molecule has 0 radical (unpaired) electrons. The van der Waals surface area contributed by atoms with Gasteiger partial charge < -0.3 is 10.0 Å². The van der Waals surface area contributed by atoms with Crippen LogP contribution in [0.15, 0.2) is 6.20 Å². The van der Waals surface area contributed by atoms with E-state index < -0.39 is 5.97 Å². The van der Waals surface area contributed by atoms with E-state index in [2.05, 4.69) is 12.0 Å². The molecule has 0 fully saturated rings. The summed E-state index contributed by atoms with van der Waals surface area (Å²) >= 11 is 0. The molecule has 0 aliphatic rings. The van der Waals surface area contributed by atoms with E-state index in [4.69, 9.17) is 5.11 Å². The average Bonchev–Trinajstić information content (AvgIpc) is 2.73. The number of carbonyl (C=O) groups excluding carboxylic acids is 1. The van der Waals surface area contributed by atoms with Crippen LogP contribution in [0.4, 0.5) is 0 Å². The van der Waals surface area contributed by atoms with Gasteiger partial charge in [0.2, 0.25) is 0 Å². The van der Waals surface area contributed by atoms with Gasteiger partial charge in [-0.2, -0.15) is 5.10 Å². The SMILES string of the molecule is CCCCn1ncc(C(=O)N(CC(=O)O)C(C)C)c1C. The Bertz CT molecular complexity index is 480. The van der Waals surface area contributed by atoms with E-state index in [1.807, 2.05) is 6.92 Å². The van der Waals surface area contributed by atoms with Crippen molar-refractivity contribution in [2.75, 3.05) is 6.54 Å². The van der Waals surface area contributed by atoms with E-state index in [-0.39, 0.29) is 18.5 Å². The van der Waals surface area contributed by atoms with Crippen LogP contribution in [0.1, 0.15) is 49.7 Å². The van der Waals surface area contributed by atoms with Crippen molar-refractivity contribution in [3.63, 3.8) is 0 Å². The van der Waals surface area contributed by atoms with E-state index in [1.54, 1.807) is 18.5 Å². The molecule has 1 heterocycles. The van der Waals surface area contributed by atoms with Gasteiger partial charge >= 0.3 is 5.97 Å². The fourth-order valence-electron chi connectivity index (χ4n) is 1.98. The Morgan fingerprint density at radius 2 is 2.10 bits per heavy atom. The first-order chi connectivity index (χ1) is 9.38. The lowest BCUT2D eigenvalue weighted by atomic mass is 10.2. The summed E-state index contributed by atoms with van der Waals surface area (Å²) in [6, 6.07) is -0.169. The summed E-state index contributed by atoms with van der Waals surface area (Å²) < 4.78 is 1.80. The van der Waals surface area contributed by atoms with Crippen LogP contribution >= 0.6 is 0 Å². The van der Waals surface area contributed by atoms with Gasteiger partial charge in [-0.25, -0.2) is 0 Å². The molecule has 6 heteroatoms. The average molecular weight is 281 g/mol. The van der Waals surface area contributed by atoms with Gasteiger partial charge in [-0.1, -0.05) is 13.3 Å². The maximum absolute atomic E-state index is 12.4. The van der Waals surface area contributed by atoms with Gasteiger partial charge in [0.25, 0.3) is 5.91 Å². The van der Waals surface area contributed by atoms with Crippen LogP contribution in [0.2, 0.25) is 0 Å². The Morgan fingerprint density at radius 1 is 1.45 bits per heavy atom. The third kappa shape index (κ3) is 3.82. The van der Waals surface area contributed by atoms with Crippen molar-refractivity contribution >= 4 is 11.9 Å². The lowest BCUT2D eigenvalue weighted by Crippen LogP contribution is -2.40. The predicted molar refractivity (Wildman–Crippen MR) is 75.7 cm³/mol. The quantitative estimate of drug-likeness (QED) is 0.828. The van der Waals surface area contributed by atoms with E-state index in [1.165, 1.54) is 11.1 Å². The second kappa shape index (κ2) is 7.07. The minimum atomic E-state index is -1.01. The summed E-state index contributed by atoms with van der Waals surface area (Å²) in [6.45, 7) is 8.02. The Balaban J connectivity index is 2.94. The maximum Gasteiger partial charge on any atom is 0.323 e. The van der Waals surface area contributed by atoms with Gasteiger partial charge in [0.1, 0.15) is 6.54 Å². The topological polar surface area (TPSA) is 75.4 Å². The molecule has 0 aliphatic carbocycles. The van der Waals surface area contributed by atoms with Crippen LogP contribution in [0.3, 0.4) is 0 Å². The molecular formula is C14H23N3O3. The summed E-state index contributed by atoms with van der Waals surface area (Å²) in [5.41, 5.74) is 1.27. The van der Waals surface area contributed by atoms with Gasteiger partial charge in [-0.05, 0) is 27.2 Å². The predicted octanol–water partition coefficient (Wildman–Crippen LogP) is 1.93. The second-order valence-electron chi connectivity index (χ2n) is 5.14. The summed E-state index contributed by atoms with van der Waals surface area (Å²) in [5.74, 6) is -1.29. The molecule has 0 saturated carbocycles. The van der Waals surface area contributed by atoms with Crippen molar-refractivity contribution in [1.82, 2.24) is 14.7 Å². The largest absolute Gasteiger partial charge is 0.480 e. The number of nitrogens with zero attached hydrogens (tertiary/aromatic N) is 3. The van der Waals surface area contributed by atoms with Crippen LogP contribution in [0.25, 0.3) is 0 Å². The summed E-state index contributed by atoms with van der Waals surface area (Å²) in [4.78, 5) is 24.6. The number of aromatic nitrogens is 2. The summed E-state index contributed by atoms with van der Waals surface area (Å²) in [6.07, 6.45) is 3.59. The third-order valence-corrected chi connectivity index (χ3v) is 3.25. The number of carbonyl (C=O) groups is 2. The van der Waals surface area contributed by atoms with Gasteiger partial charge in [0, 0.05) is 18.3 Å². The zero-order valence-corrected chi connectivity index (χ0v) is 12.6. The molecule has 1 N–H and O–H groups in total. The van der Waals surface area contributed by atoms with Crippen molar-refractivity contribution in [2.24, 2.45) is 0 Å². The molecule has 20 heavy (non-hydrogen) atoms. The first kappa shape index (κ1) is 16.2. The molecule has 0 aliphatic heterocycles. The number of carboxylic acids is 1. The molecule has 0 unspecified atom stereocenters. The van der Waals surface area contributed by atoms with Gasteiger partial charge in [-0.15, -0.1) is 0 Å². The molecule has 0 atom stereocenters. The number of unbranched alkanes of at least 4 members (excludes halogenated alkanes) is 1. The molecule has 0 bridgehead atoms. The number of rotatable bonds is 7. The molecule has 112 valence electrons. The zero-order chi connectivity index (χ0) is 15.3. The van der Waals surface area contributed by atoms with E-state index >= 15 is 0 Å². The first-order valence-corrected chi connectivity index (χ1v) is 6.93. The van der Waals surface area contributed by atoms with Crippen molar-refractivity contribution in [2.45, 2.75) is 53.1 Å². The molecule has 1 rings (SSSR count). The fraction of sp³-hybridized carbons (Fsp3) is 0.643. The molecule has 0 spiro atoms. The van der Waals surface area contributed by atoms with Crippen molar-refractivity contribution < 1.29 is 14.7 Å². The van der Waals surface area contributed by atoms with Gasteiger partial charge in [0.15, 0.2) is 0 Å². The van der Waals surface area contributed by atoms with Gasteiger partial charge in [0.05, 0.1) is 11.8 Å². The van der Waals surface area contributed by atoms with Crippen molar-refractivity contribution in [3.8, 4) is 0 Å². The van der Waals surface area contributed by atoms with E-state index in [0.29, 0.717) is 5.56 Å². The minimum absolute atomic E-state index is 0.169. The van der Waals surface area contributed by atoms with Crippen LogP contribution in [-0.2, 0) is 11.3 Å². The number of hydrogen-bond donors (Lipinski definition) is 1.